The Labute approximate surface area is 184 Å². The highest BCUT2D eigenvalue weighted by molar-refractivity contribution is 7.09. The summed E-state index contributed by atoms with van der Waals surface area (Å²) in [5, 5.41) is 4.57. The van der Waals surface area contributed by atoms with E-state index in [-0.39, 0.29) is 29.1 Å². The minimum atomic E-state index is -4.73. The summed E-state index contributed by atoms with van der Waals surface area (Å²) in [5.41, 5.74) is -0.898. The van der Waals surface area contributed by atoms with E-state index in [0.717, 1.165) is 17.0 Å². The summed E-state index contributed by atoms with van der Waals surface area (Å²) in [5.74, 6) is -1.15. The van der Waals surface area contributed by atoms with Gasteiger partial charge >= 0.3 is 6.18 Å². The number of hydrogen-bond donors (Lipinski definition) is 1. The van der Waals surface area contributed by atoms with Gasteiger partial charge in [0.25, 0.3) is 5.91 Å². The smallest absolute Gasteiger partial charge is 0.346 e. The molecule has 4 rings (SSSR count). The van der Waals surface area contributed by atoms with Gasteiger partial charge in [0.1, 0.15) is 5.82 Å². The average Bonchev–Trinajstić information content (AvgIpc) is 3.39. The third kappa shape index (κ3) is 4.29. The van der Waals surface area contributed by atoms with Gasteiger partial charge in [-0.15, -0.1) is 11.3 Å². The first-order chi connectivity index (χ1) is 15.3. The number of amides is 1. The van der Waals surface area contributed by atoms with E-state index in [0.29, 0.717) is 0 Å². The lowest BCUT2D eigenvalue weighted by Crippen LogP contribution is -2.23. The molecule has 0 unspecified atom stereocenters. The molecule has 0 saturated carbocycles. The van der Waals surface area contributed by atoms with Crippen LogP contribution in [0.2, 0.25) is 0 Å². The number of rotatable bonds is 5. The highest BCUT2D eigenvalue weighted by atomic mass is 32.1. The van der Waals surface area contributed by atoms with Gasteiger partial charge in [0, 0.05) is 11.1 Å². The van der Waals surface area contributed by atoms with Crippen molar-refractivity contribution in [1.82, 2.24) is 14.7 Å². The number of carbonyl (C=O) groups excluding carboxylic acids is 1. The maximum Gasteiger partial charge on any atom is 0.420 e. The van der Waals surface area contributed by atoms with Crippen molar-refractivity contribution in [3.63, 3.8) is 0 Å². The maximum atomic E-state index is 13.9. The summed E-state index contributed by atoms with van der Waals surface area (Å²) in [7, 11) is 0. The number of nitrogens with zero attached hydrogens (tertiary/aromatic N) is 2. The molecule has 0 fully saturated rings. The molecule has 0 aliphatic heterocycles. The predicted molar refractivity (Wildman–Crippen MR) is 116 cm³/mol. The van der Waals surface area contributed by atoms with Gasteiger partial charge in [-0.2, -0.15) is 13.2 Å². The maximum absolute atomic E-state index is 13.9. The molecule has 0 bridgehead atoms. The normalized spacial score (nSPS) is 12.0. The molecule has 4 aromatic rings. The molecule has 1 N–H and O–H groups in total. The molecule has 0 atom stereocenters. The number of thiophene rings is 1. The zero-order valence-electron chi connectivity index (χ0n) is 16.8. The van der Waals surface area contributed by atoms with Crippen LogP contribution in [0, 0.1) is 5.82 Å². The lowest BCUT2D eigenvalue weighted by Gasteiger charge is -2.12. The Balaban J connectivity index is 1.89. The van der Waals surface area contributed by atoms with Gasteiger partial charge in [-0.3, -0.25) is 9.20 Å². The standard InChI is InChI=1S/C23H17F4N3OS/c1-2-5-19-20(22(31)28-12-17-8-4-9-32-17)29-21-18(23(25,26)27)11-15(13-30(19)21)14-6-3-7-16(24)10-14/h2-11,13H,12H2,1H3,(H,28,31)/b5-2-. The number of fused-ring (bicyclic) bond motifs is 1. The van der Waals surface area contributed by atoms with Crippen LogP contribution in [0.4, 0.5) is 17.6 Å². The minimum absolute atomic E-state index is 0.124. The van der Waals surface area contributed by atoms with Crippen molar-refractivity contribution >= 4 is 29.0 Å². The SMILES string of the molecule is C/C=C\c1c(C(=O)NCc2cccs2)nc2c(C(F)(F)F)cc(-c3cccc(F)c3)cn12. The van der Waals surface area contributed by atoms with Crippen LogP contribution in [0.25, 0.3) is 22.9 Å². The topological polar surface area (TPSA) is 46.4 Å². The summed E-state index contributed by atoms with van der Waals surface area (Å²) < 4.78 is 56.7. The number of allylic oxidation sites excluding steroid dienone is 1. The fourth-order valence-corrected chi connectivity index (χ4v) is 3.99. The molecule has 164 valence electrons. The van der Waals surface area contributed by atoms with Gasteiger partial charge in [0.15, 0.2) is 11.3 Å². The Kier molecular flexibility index (Phi) is 5.84. The van der Waals surface area contributed by atoms with E-state index in [2.05, 4.69) is 10.3 Å². The first-order valence-electron chi connectivity index (χ1n) is 9.60. The number of aromatic nitrogens is 2. The highest BCUT2D eigenvalue weighted by Crippen LogP contribution is 2.36. The van der Waals surface area contributed by atoms with Gasteiger partial charge in [-0.1, -0.05) is 24.3 Å². The Bertz CT molecular complexity index is 1310. The van der Waals surface area contributed by atoms with Gasteiger partial charge < -0.3 is 5.32 Å². The third-order valence-electron chi connectivity index (χ3n) is 4.76. The van der Waals surface area contributed by atoms with Crippen LogP contribution in [0.3, 0.4) is 0 Å². The Morgan fingerprint density at radius 2 is 2.00 bits per heavy atom. The largest absolute Gasteiger partial charge is 0.420 e. The number of pyridine rings is 1. The zero-order valence-corrected chi connectivity index (χ0v) is 17.6. The second-order valence-electron chi connectivity index (χ2n) is 6.95. The van der Waals surface area contributed by atoms with E-state index in [4.69, 9.17) is 0 Å². The van der Waals surface area contributed by atoms with Gasteiger partial charge in [-0.25, -0.2) is 9.37 Å². The number of carbonyl (C=O) groups is 1. The lowest BCUT2D eigenvalue weighted by atomic mass is 10.1. The molecule has 1 amide bonds. The van der Waals surface area contributed by atoms with E-state index < -0.39 is 29.1 Å². The quantitative estimate of drug-likeness (QED) is 0.362. The van der Waals surface area contributed by atoms with E-state index in [9.17, 15) is 22.4 Å². The van der Waals surface area contributed by atoms with Gasteiger partial charge in [0.2, 0.25) is 0 Å². The molecule has 0 radical (unpaired) electrons. The summed E-state index contributed by atoms with van der Waals surface area (Å²) in [6.07, 6.45) is -0.164. The number of hydrogen-bond acceptors (Lipinski definition) is 3. The number of benzene rings is 1. The number of alkyl halides is 3. The molecular weight excluding hydrogens is 442 g/mol. The Morgan fingerprint density at radius 1 is 1.19 bits per heavy atom. The van der Waals surface area contributed by atoms with Crippen molar-refractivity contribution in [3.05, 3.63) is 87.8 Å². The van der Waals surface area contributed by atoms with Crippen LogP contribution >= 0.6 is 11.3 Å². The molecule has 3 heterocycles. The van der Waals surface area contributed by atoms with E-state index >= 15 is 0 Å². The van der Waals surface area contributed by atoms with Gasteiger partial charge in [0.05, 0.1) is 17.8 Å². The second kappa shape index (κ2) is 8.58. The fraction of sp³-hybridized carbons (Fsp3) is 0.130. The Hall–Kier alpha value is -3.46. The molecule has 9 heteroatoms. The summed E-state index contributed by atoms with van der Waals surface area (Å²) in [6.45, 7) is 1.92. The lowest BCUT2D eigenvalue weighted by molar-refractivity contribution is -0.136. The first kappa shape index (κ1) is 21.8. The molecule has 0 aliphatic carbocycles. The molecule has 32 heavy (non-hydrogen) atoms. The van der Waals surface area contributed by atoms with Crippen LogP contribution in [-0.2, 0) is 12.7 Å². The minimum Gasteiger partial charge on any atom is -0.346 e. The molecule has 1 aromatic carbocycles. The van der Waals surface area contributed by atoms with Crippen molar-refractivity contribution < 1.29 is 22.4 Å². The zero-order chi connectivity index (χ0) is 22.9. The van der Waals surface area contributed by atoms with Crippen molar-refractivity contribution in [2.45, 2.75) is 19.6 Å². The molecule has 3 aromatic heterocycles. The number of halogens is 4. The molecule has 0 saturated heterocycles. The molecular formula is C23H17F4N3OS. The molecule has 0 spiro atoms. The second-order valence-corrected chi connectivity index (χ2v) is 7.98. The van der Waals surface area contributed by atoms with Crippen LogP contribution in [0.5, 0.6) is 0 Å². The predicted octanol–water partition coefficient (Wildman–Crippen LogP) is 6.18. The van der Waals surface area contributed by atoms with Crippen LogP contribution in [0.1, 0.15) is 33.5 Å². The summed E-state index contributed by atoms with van der Waals surface area (Å²) >= 11 is 1.45. The van der Waals surface area contributed by atoms with Crippen molar-refractivity contribution in [2.75, 3.05) is 0 Å². The first-order valence-corrected chi connectivity index (χ1v) is 10.5. The van der Waals surface area contributed by atoms with Crippen LogP contribution in [-0.4, -0.2) is 15.3 Å². The van der Waals surface area contributed by atoms with Crippen molar-refractivity contribution in [1.29, 1.82) is 0 Å². The molecule has 4 nitrogen and oxygen atoms in total. The van der Waals surface area contributed by atoms with Crippen LogP contribution in [0.15, 0.2) is 60.1 Å². The highest BCUT2D eigenvalue weighted by Gasteiger charge is 2.36. The average molecular weight is 459 g/mol. The third-order valence-corrected chi connectivity index (χ3v) is 5.64. The van der Waals surface area contributed by atoms with E-state index in [1.165, 1.54) is 46.2 Å². The Morgan fingerprint density at radius 3 is 2.66 bits per heavy atom. The van der Waals surface area contributed by atoms with E-state index in [1.807, 2.05) is 17.5 Å². The fourth-order valence-electron chi connectivity index (χ4n) is 3.35. The number of imidazole rings is 1. The van der Waals surface area contributed by atoms with Crippen LogP contribution < -0.4 is 5.32 Å². The van der Waals surface area contributed by atoms with Crippen molar-refractivity contribution in [3.8, 4) is 11.1 Å². The summed E-state index contributed by atoms with van der Waals surface area (Å²) in [6, 6.07) is 9.91. The molecule has 0 aliphatic rings. The number of nitrogens with one attached hydrogen (secondary N) is 1. The van der Waals surface area contributed by atoms with E-state index in [1.54, 1.807) is 13.0 Å². The van der Waals surface area contributed by atoms with Crippen molar-refractivity contribution in [2.24, 2.45) is 0 Å². The van der Waals surface area contributed by atoms with Gasteiger partial charge in [-0.05, 0) is 53.8 Å². The summed E-state index contributed by atoms with van der Waals surface area (Å²) in [4.78, 5) is 17.8. The monoisotopic (exact) mass is 459 g/mol.